The van der Waals surface area contributed by atoms with Crippen LogP contribution in [-0.4, -0.2) is 23.1 Å². The summed E-state index contributed by atoms with van der Waals surface area (Å²) in [5.41, 5.74) is 2.75. The van der Waals surface area contributed by atoms with Crippen molar-refractivity contribution in [2.75, 3.05) is 13.1 Å². The Labute approximate surface area is 122 Å². The minimum atomic E-state index is 0.643. The molecule has 1 fully saturated rings. The number of nitrogens with one attached hydrogen (secondary N) is 1. The first-order chi connectivity index (χ1) is 9.86. The summed E-state index contributed by atoms with van der Waals surface area (Å²) in [6, 6.07) is 0. The highest BCUT2D eigenvalue weighted by Gasteiger charge is 2.24. The zero-order chi connectivity index (χ0) is 13.8. The van der Waals surface area contributed by atoms with Crippen LogP contribution in [0.25, 0.3) is 0 Å². The zero-order valence-electron chi connectivity index (χ0n) is 12.7. The van der Waals surface area contributed by atoms with E-state index in [0.717, 1.165) is 37.7 Å². The highest BCUT2D eigenvalue weighted by molar-refractivity contribution is 5.22. The van der Waals surface area contributed by atoms with Gasteiger partial charge in [0.2, 0.25) is 0 Å². The van der Waals surface area contributed by atoms with Crippen molar-refractivity contribution >= 4 is 0 Å². The number of hydrogen-bond donors (Lipinski definition) is 1. The Balaban J connectivity index is 1.63. The zero-order valence-corrected chi connectivity index (χ0v) is 12.7. The van der Waals surface area contributed by atoms with Gasteiger partial charge >= 0.3 is 0 Å². The van der Waals surface area contributed by atoms with Crippen LogP contribution in [0.3, 0.4) is 0 Å². The molecule has 3 rings (SSSR count). The van der Waals surface area contributed by atoms with Crippen molar-refractivity contribution in [3.05, 3.63) is 23.3 Å². The molecule has 1 heterocycles. The lowest BCUT2D eigenvalue weighted by atomic mass is 9.87. The van der Waals surface area contributed by atoms with Crippen molar-refractivity contribution in [3.8, 4) is 0 Å². The van der Waals surface area contributed by atoms with Gasteiger partial charge in [0.25, 0.3) is 0 Å². The average Bonchev–Trinajstić information content (AvgIpc) is 3.01. The summed E-state index contributed by atoms with van der Waals surface area (Å²) in [6.07, 6.45) is 12.2. The summed E-state index contributed by atoms with van der Waals surface area (Å²) in [5, 5.41) is 3.55. The lowest BCUT2D eigenvalue weighted by Crippen LogP contribution is -2.28. The molecular weight excluding hydrogens is 246 g/mol. The van der Waals surface area contributed by atoms with Gasteiger partial charge in [-0.25, -0.2) is 9.97 Å². The van der Waals surface area contributed by atoms with E-state index in [-0.39, 0.29) is 0 Å². The highest BCUT2D eigenvalue weighted by Crippen LogP contribution is 2.33. The molecule has 0 saturated heterocycles. The van der Waals surface area contributed by atoms with Crippen LogP contribution >= 0.6 is 0 Å². The van der Waals surface area contributed by atoms with Crippen molar-refractivity contribution in [1.29, 1.82) is 0 Å². The molecule has 2 aliphatic carbocycles. The first-order valence-electron chi connectivity index (χ1n) is 8.42. The lowest BCUT2D eigenvalue weighted by Gasteiger charge is -2.24. The summed E-state index contributed by atoms with van der Waals surface area (Å²) >= 11 is 0. The van der Waals surface area contributed by atoms with E-state index in [2.05, 4.69) is 23.4 Å². The van der Waals surface area contributed by atoms with Gasteiger partial charge in [0.05, 0.1) is 0 Å². The van der Waals surface area contributed by atoms with Crippen molar-refractivity contribution < 1.29 is 0 Å². The normalized spacial score (nSPS) is 22.9. The summed E-state index contributed by atoms with van der Waals surface area (Å²) in [7, 11) is 0. The maximum absolute atomic E-state index is 4.89. The monoisotopic (exact) mass is 273 g/mol. The van der Waals surface area contributed by atoms with Gasteiger partial charge in [-0.15, -0.1) is 0 Å². The number of aryl methyl sites for hydroxylation is 1. The second kappa shape index (κ2) is 6.66. The maximum Gasteiger partial charge on any atom is 0.131 e. The predicted octanol–water partition coefficient (Wildman–Crippen LogP) is 3.24. The number of rotatable bonds is 5. The second-order valence-electron chi connectivity index (χ2n) is 6.49. The van der Waals surface area contributed by atoms with Gasteiger partial charge < -0.3 is 5.32 Å². The molecule has 1 atom stereocenters. The van der Waals surface area contributed by atoms with Gasteiger partial charge in [0.15, 0.2) is 0 Å². The molecule has 2 aliphatic rings. The molecule has 0 aromatic carbocycles. The minimum absolute atomic E-state index is 0.643. The molecule has 1 unspecified atom stereocenters. The van der Waals surface area contributed by atoms with Crippen molar-refractivity contribution in [2.45, 2.75) is 64.2 Å². The Morgan fingerprint density at radius 3 is 2.90 bits per heavy atom. The van der Waals surface area contributed by atoms with Crippen molar-refractivity contribution in [2.24, 2.45) is 5.92 Å². The predicted molar refractivity (Wildman–Crippen MR) is 81.9 cm³/mol. The summed E-state index contributed by atoms with van der Waals surface area (Å²) in [5.74, 6) is 2.54. The van der Waals surface area contributed by atoms with Crippen LogP contribution < -0.4 is 5.32 Å². The topological polar surface area (TPSA) is 37.8 Å². The third-order valence-electron chi connectivity index (χ3n) is 4.85. The molecule has 1 N–H and O–H groups in total. The molecule has 0 radical (unpaired) electrons. The van der Waals surface area contributed by atoms with Gasteiger partial charge in [-0.05, 0) is 63.1 Å². The van der Waals surface area contributed by atoms with Gasteiger partial charge in [-0.3, -0.25) is 0 Å². The average molecular weight is 273 g/mol. The number of fused-ring (bicyclic) bond motifs is 1. The fourth-order valence-corrected chi connectivity index (χ4v) is 3.64. The molecule has 20 heavy (non-hydrogen) atoms. The fraction of sp³-hybridized carbons (Fsp3) is 0.765. The van der Waals surface area contributed by atoms with E-state index in [9.17, 15) is 0 Å². The fourth-order valence-electron chi connectivity index (χ4n) is 3.64. The number of nitrogens with zero attached hydrogens (tertiary/aromatic N) is 2. The summed E-state index contributed by atoms with van der Waals surface area (Å²) in [6.45, 7) is 4.51. The quantitative estimate of drug-likeness (QED) is 0.837. The molecule has 1 aromatic heterocycles. The van der Waals surface area contributed by atoms with Gasteiger partial charge in [0.1, 0.15) is 5.82 Å². The Hall–Kier alpha value is -0.960. The Morgan fingerprint density at radius 2 is 2.10 bits per heavy atom. The molecule has 0 spiro atoms. The van der Waals surface area contributed by atoms with Crippen LogP contribution in [0.4, 0.5) is 0 Å². The van der Waals surface area contributed by atoms with E-state index < -0.39 is 0 Å². The highest BCUT2D eigenvalue weighted by atomic mass is 14.9. The molecule has 1 saturated carbocycles. The minimum Gasteiger partial charge on any atom is -0.316 e. The van der Waals surface area contributed by atoms with Crippen molar-refractivity contribution in [3.63, 3.8) is 0 Å². The first-order valence-corrected chi connectivity index (χ1v) is 8.42. The molecule has 1 aromatic rings. The van der Waals surface area contributed by atoms with Crippen LogP contribution in [0.15, 0.2) is 6.20 Å². The molecule has 110 valence electrons. The van der Waals surface area contributed by atoms with Crippen LogP contribution in [0.5, 0.6) is 0 Å². The number of aromatic nitrogens is 2. The Bertz CT molecular complexity index is 438. The van der Waals surface area contributed by atoms with E-state index in [1.54, 1.807) is 0 Å². The smallest absolute Gasteiger partial charge is 0.131 e. The first kappa shape index (κ1) is 14.0. The van der Waals surface area contributed by atoms with Crippen LogP contribution in [-0.2, 0) is 12.8 Å². The SMILES string of the molecule is CCCNCC1CCc2nc(C3CCCC3)ncc2C1. The van der Waals surface area contributed by atoms with E-state index in [4.69, 9.17) is 4.98 Å². The third-order valence-corrected chi connectivity index (χ3v) is 4.85. The van der Waals surface area contributed by atoms with Gasteiger partial charge in [-0.1, -0.05) is 19.8 Å². The lowest BCUT2D eigenvalue weighted by molar-refractivity contribution is 0.418. The molecule has 3 heteroatoms. The van der Waals surface area contributed by atoms with E-state index >= 15 is 0 Å². The molecule has 0 aliphatic heterocycles. The van der Waals surface area contributed by atoms with Crippen LogP contribution in [0, 0.1) is 5.92 Å². The van der Waals surface area contributed by atoms with Gasteiger partial charge in [0, 0.05) is 17.8 Å². The van der Waals surface area contributed by atoms with E-state index in [1.165, 1.54) is 49.8 Å². The van der Waals surface area contributed by atoms with Crippen LogP contribution in [0.2, 0.25) is 0 Å². The molecule has 3 nitrogen and oxygen atoms in total. The summed E-state index contributed by atoms with van der Waals surface area (Å²) < 4.78 is 0. The Morgan fingerprint density at radius 1 is 1.25 bits per heavy atom. The van der Waals surface area contributed by atoms with Crippen LogP contribution in [0.1, 0.15) is 68.4 Å². The Kier molecular flexibility index (Phi) is 4.66. The third kappa shape index (κ3) is 3.20. The number of hydrogen-bond acceptors (Lipinski definition) is 3. The van der Waals surface area contributed by atoms with E-state index in [1.807, 2.05) is 0 Å². The summed E-state index contributed by atoms with van der Waals surface area (Å²) in [4.78, 5) is 9.57. The van der Waals surface area contributed by atoms with Crippen molar-refractivity contribution in [1.82, 2.24) is 15.3 Å². The molecule has 0 bridgehead atoms. The van der Waals surface area contributed by atoms with Gasteiger partial charge in [-0.2, -0.15) is 0 Å². The second-order valence-corrected chi connectivity index (χ2v) is 6.49. The standard InChI is InChI=1S/C17H27N3/c1-2-9-18-11-13-7-8-16-15(10-13)12-19-17(20-16)14-5-3-4-6-14/h12-14,18H,2-11H2,1H3. The largest absolute Gasteiger partial charge is 0.316 e. The van der Waals surface area contributed by atoms with E-state index in [0.29, 0.717) is 5.92 Å². The maximum atomic E-state index is 4.89. The molecular formula is C17H27N3. The molecule has 0 amide bonds.